The third kappa shape index (κ3) is 2.80. The third-order valence-electron chi connectivity index (χ3n) is 2.28. The first-order chi connectivity index (χ1) is 8.69. The largest absolute Gasteiger partial charge is 0.308 e. The van der Waals surface area contributed by atoms with Gasteiger partial charge < -0.3 is 10.7 Å². The fraction of sp³-hybridized carbons (Fsp3) is 0.0833. The molecule has 18 heavy (non-hydrogen) atoms. The summed E-state index contributed by atoms with van der Waals surface area (Å²) in [6.07, 6.45) is 1.68. The molecule has 2 aromatic rings. The summed E-state index contributed by atoms with van der Waals surface area (Å²) >= 11 is 0. The Balaban J connectivity index is 2.14. The lowest BCUT2D eigenvalue weighted by molar-refractivity contribution is 0.102. The van der Waals surface area contributed by atoms with Crippen molar-refractivity contribution < 1.29 is 4.79 Å². The number of hydrogen-bond donors (Lipinski definition) is 3. The zero-order chi connectivity index (χ0) is 13.0. The average molecular weight is 243 g/mol. The van der Waals surface area contributed by atoms with Gasteiger partial charge in [0.05, 0.1) is 0 Å². The smallest absolute Gasteiger partial charge is 0.275 e. The molecule has 0 saturated heterocycles. The Labute approximate surface area is 104 Å². The number of nitrogens with two attached hydrogens (primary N) is 1. The molecule has 2 heterocycles. The normalized spacial score (nSPS) is 9.89. The Morgan fingerprint density at radius 3 is 2.72 bits per heavy atom. The van der Waals surface area contributed by atoms with E-state index < -0.39 is 0 Å². The second kappa shape index (κ2) is 5.24. The maximum absolute atomic E-state index is 11.9. The second-order valence-electron chi connectivity index (χ2n) is 3.73. The summed E-state index contributed by atoms with van der Waals surface area (Å²) in [4.78, 5) is 20.0. The summed E-state index contributed by atoms with van der Waals surface area (Å²) < 4.78 is 0. The number of hydrogen-bond acceptors (Lipinski definition) is 5. The molecule has 6 nitrogen and oxygen atoms in total. The van der Waals surface area contributed by atoms with Crippen LogP contribution in [-0.4, -0.2) is 15.9 Å². The van der Waals surface area contributed by atoms with E-state index in [-0.39, 0.29) is 11.6 Å². The van der Waals surface area contributed by atoms with Gasteiger partial charge in [0, 0.05) is 6.20 Å². The fourth-order valence-corrected chi connectivity index (χ4v) is 1.36. The van der Waals surface area contributed by atoms with Gasteiger partial charge in [-0.3, -0.25) is 4.79 Å². The van der Waals surface area contributed by atoms with Crippen LogP contribution in [0.2, 0.25) is 0 Å². The number of pyridine rings is 2. The van der Waals surface area contributed by atoms with Crippen molar-refractivity contribution in [1.29, 1.82) is 0 Å². The number of carbonyl (C=O) groups is 1. The van der Waals surface area contributed by atoms with Crippen molar-refractivity contribution in [1.82, 2.24) is 9.97 Å². The van der Waals surface area contributed by atoms with E-state index in [9.17, 15) is 4.79 Å². The third-order valence-corrected chi connectivity index (χ3v) is 2.28. The van der Waals surface area contributed by atoms with E-state index in [1.807, 2.05) is 13.0 Å². The minimum absolute atomic E-state index is 0.271. The van der Waals surface area contributed by atoms with Gasteiger partial charge in [0.25, 0.3) is 5.91 Å². The highest BCUT2D eigenvalue weighted by Crippen LogP contribution is 2.08. The lowest BCUT2D eigenvalue weighted by atomic mass is 10.3. The molecule has 0 aliphatic rings. The van der Waals surface area contributed by atoms with Crippen molar-refractivity contribution in [2.24, 2.45) is 5.84 Å². The Bertz CT molecular complexity index is 553. The van der Waals surface area contributed by atoms with Crippen LogP contribution in [0.3, 0.4) is 0 Å². The van der Waals surface area contributed by atoms with Crippen molar-refractivity contribution in [3.05, 3.63) is 47.8 Å². The molecule has 92 valence electrons. The van der Waals surface area contributed by atoms with Crippen LogP contribution in [0, 0.1) is 6.92 Å². The summed E-state index contributed by atoms with van der Waals surface area (Å²) in [5, 5.41) is 2.66. The predicted octanol–water partition coefficient (Wildman–Crippen LogP) is 1.32. The standard InChI is InChI=1S/C12H13N5O/c1-8-5-6-10(14-7-8)16-12(18)9-3-2-4-11(15-9)17-13/h2-7H,13H2,1H3,(H,15,17)(H,14,16,18). The number of nitrogen functional groups attached to an aromatic ring is 1. The highest BCUT2D eigenvalue weighted by Gasteiger charge is 2.08. The first-order valence-electron chi connectivity index (χ1n) is 5.37. The van der Waals surface area contributed by atoms with Crippen LogP contribution >= 0.6 is 0 Å². The average Bonchev–Trinajstić information content (AvgIpc) is 2.41. The molecule has 0 aromatic carbocycles. The molecule has 4 N–H and O–H groups in total. The summed E-state index contributed by atoms with van der Waals surface area (Å²) in [5.41, 5.74) is 3.69. The van der Waals surface area contributed by atoms with Crippen LogP contribution in [-0.2, 0) is 0 Å². The first kappa shape index (κ1) is 12.0. The number of anilines is 2. The topological polar surface area (TPSA) is 92.9 Å². The van der Waals surface area contributed by atoms with Gasteiger partial charge in [0.1, 0.15) is 17.3 Å². The Hall–Kier alpha value is -2.47. The van der Waals surface area contributed by atoms with Crippen molar-refractivity contribution >= 4 is 17.5 Å². The molecule has 6 heteroatoms. The van der Waals surface area contributed by atoms with Gasteiger partial charge in [-0.05, 0) is 30.7 Å². The Morgan fingerprint density at radius 2 is 2.06 bits per heavy atom. The predicted molar refractivity (Wildman–Crippen MR) is 69.0 cm³/mol. The van der Waals surface area contributed by atoms with Gasteiger partial charge in [-0.1, -0.05) is 12.1 Å². The molecule has 0 radical (unpaired) electrons. The summed E-state index contributed by atoms with van der Waals surface area (Å²) in [5.74, 6) is 5.82. The van der Waals surface area contributed by atoms with Crippen molar-refractivity contribution in [3.63, 3.8) is 0 Å². The van der Waals surface area contributed by atoms with Gasteiger partial charge in [-0.15, -0.1) is 0 Å². The number of amides is 1. The quantitative estimate of drug-likeness (QED) is 0.558. The molecule has 0 spiro atoms. The van der Waals surface area contributed by atoms with Crippen LogP contribution in [0.1, 0.15) is 16.1 Å². The maximum atomic E-state index is 11.9. The molecule has 0 aliphatic heterocycles. The first-order valence-corrected chi connectivity index (χ1v) is 5.37. The van der Waals surface area contributed by atoms with Crippen molar-refractivity contribution in [2.75, 3.05) is 10.7 Å². The van der Waals surface area contributed by atoms with Crippen LogP contribution < -0.4 is 16.6 Å². The monoisotopic (exact) mass is 243 g/mol. The zero-order valence-electron chi connectivity index (χ0n) is 9.84. The zero-order valence-corrected chi connectivity index (χ0v) is 9.84. The van der Waals surface area contributed by atoms with Crippen molar-refractivity contribution in [3.8, 4) is 0 Å². The van der Waals surface area contributed by atoms with Gasteiger partial charge in [0.2, 0.25) is 0 Å². The number of aromatic nitrogens is 2. The Morgan fingerprint density at radius 1 is 1.22 bits per heavy atom. The number of nitrogens with zero attached hydrogens (tertiary/aromatic N) is 2. The van der Waals surface area contributed by atoms with E-state index in [0.29, 0.717) is 11.6 Å². The van der Waals surface area contributed by atoms with Crippen LogP contribution in [0.4, 0.5) is 11.6 Å². The van der Waals surface area contributed by atoms with Crippen LogP contribution in [0.15, 0.2) is 36.5 Å². The minimum Gasteiger partial charge on any atom is -0.308 e. The molecule has 0 fully saturated rings. The summed E-state index contributed by atoms with van der Waals surface area (Å²) in [7, 11) is 0. The molecule has 0 saturated carbocycles. The lowest BCUT2D eigenvalue weighted by Gasteiger charge is -2.05. The summed E-state index contributed by atoms with van der Waals surface area (Å²) in [6, 6.07) is 8.57. The molecule has 0 aliphatic carbocycles. The molecule has 0 atom stereocenters. The van der Waals surface area contributed by atoms with E-state index in [0.717, 1.165) is 5.56 Å². The van der Waals surface area contributed by atoms with E-state index in [1.165, 1.54) is 0 Å². The van der Waals surface area contributed by atoms with Gasteiger partial charge in [-0.2, -0.15) is 0 Å². The number of nitrogens with one attached hydrogen (secondary N) is 2. The van der Waals surface area contributed by atoms with Gasteiger partial charge >= 0.3 is 0 Å². The molecule has 2 rings (SSSR count). The number of carbonyl (C=O) groups excluding carboxylic acids is 1. The Kier molecular flexibility index (Phi) is 3.49. The van der Waals surface area contributed by atoms with Crippen LogP contribution in [0.25, 0.3) is 0 Å². The molecule has 1 amide bonds. The van der Waals surface area contributed by atoms with E-state index in [1.54, 1.807) is 30.5 Å². The molecular weight excluding hydrogens is 230 g/mol. The lowest BCUT2D eigenvalue weighted by Crippen LogP contribution is -2.16. The highest BCUT2D eigenvalue weighted by molar-refractivity contribution is 6.02. The van der Waals surface area contributed by atoms with E-state index in [4.69, 9.17) is 5.84 Å². The fourth-order valence-electron chi connectivity index (χ4n) is 1.36. The molecular formula is C12H13N5O. The highest BCUT2D eigenvalue weighted by atomic mass is 16.1. The van der Waals surface area contributed by atoms with E-state index in [2.05, 4.69) is 20.7 Å². The van der Waals surface area contributed by atoms with Gasteiger partial charge in [0.15, 0.2) is 0 Å². The van der Waals surface area contributed by atoms with E-state index >= 15 is 0 Å². The molecule has 0 bridgehead atoms. The number of aryl methyl sites for hydroxylation is 1. The summed E-state index contributed by atoms with van der Waals surface area (Å²) in [6.45, 7) is 1.93. The second-order valence-corrected chi connectivity index (χ2v) is 3.73. The number of hydrazine groups is 1. The van der Waals surface area contributed by atoms with Gasteiger partial charge in [-0.25, -0.2) is 15.8 Å². The molecule has 2 aromatic heterocycles. The number of rotatable bonds is 3. The molecule has 0 unspecified atom stereocenters. The van der Waals surface area contributed by atoms with Crippen LogP contribution in [0.5, 0.6) is 0 Å². The minimum atomic E-state index is -0.330. The van der Waals surface area contributed by atoms with Crippen molar-refractivity contribution in [2.45, 2.75) is 6.92 Å². The SMILES string of the molecule is Cc1ccc(NC(=O)c2cccc(NN)n2)nc1. The maximum Gasteiger partial charge on any atom is 0.275 e.